The molecule has 0 aromatic heterocycles. The monoisotopic (exact) mass is 189 g/mol. The zero-order chi connectivity index (χ0) is 9.90. The molecule has 0 unspecified atom stereocenters. The molecule has 0 saturated carbocycles. The number of carbonyl (C=O) groups is 1. The Balaban J connectivity index is 2.29. The van der Waals surface area contributed by atoms with Crippen LogP contribution in [0.3, 0.4) is 0 Å². The van der Waals surface area contributed by atoms with Gasteiger partial charge in [0, 0.05) is 12.5 Å². The van der Waals surface area contributed by atoms with Crippen LogP contribution in [-0.2, 0) is 4.79 Å². The summed E-state index contributed by atoms with van der Waals surface area (Å²) in [6, 6.07) is -0.189. The summed E-state index contributed by atoms with van der Waals surface area (Å²) >= 11 is 0. The molecule has 1 saturated heterocycles. The highest BCUT2D eigenvalue weighted by Crippen LogP contribution is 2.26. The quantitative estimate of drug-likeness (QED) is 0.682. The molecule has 1 heterocycles. The molecule has 13 heavy (non-hydrogen) atoms. The van der Waals surface area contributed by atoms with E-state index in [1.165, 1.54) is 13.0 Å². The van der Waals surface area contributed by atoms with Gasteiger partial charge in [-0.05, 0) is 19.4 Å². The Kier molecular flexibility index (Phi) is 3.14. The van der Waals surface area contributed by atoms with Crippen molar-refractivity contribution in [3.8, 4) is 0 Å². The van der Waals surface area contributed by atoms with E-state index in [0.29, 0.717) is 6.42 Å². The third-order valence-corrected chi connectivity index (χ3v) is 1.97. The molecular formula is C9H13F2NO. The number of alkyl halides is 2. The predicted molar refractivity (Wildman–Crippen MR) is 45.8 cm³/mol. The van der Waals surface area contributed by atoms with E-state index in [1.54, 1.807) is 6.08 Å². The Morgan fingerprint density at radius 3 is 2.85 bits per heavy atom. The average molecular weight is 189 g/mol. The van der Waals surface area contributed by atoms with Crippen molar-refractivity contribution in [1.29, 1.82) is 0 Å². The summed E-state index contributed by atoms with van der Waals surface area (Å²) in [7, 11) is 0. The number of ketones is 1. The lowest BCUT2D eigenvalue weighted by molar-refractivity contribution is -0.112. The number of halogens is 2. The third kappa shape index (κ3) is 3.63. The molecule has 1 N–H and O–H groups in total. The number of rotatable bonds is 3. The highest BCUT2D eigenvalue weighted by atomic mass is 19.3. The number of allylic oxidation sites excluding steroid dienone is 1. The van der Waals surface area contributed by atoms with E-state index in [4.69, 9.17) is 0 Å². The molecule has 0 aromatic carbocycles. The lowest BCUT2D eigenvalue weighted by atomic mass is 10.1. The maximum Gasteiger partial charge on any atom is 0.261 e. The summed E-state index contributed by atoms with van der Waals surface area (Å²) in [5.41, 5.74) is 0. The maximum absolute atomic E-state index is 12.6. The van der Waals surface area contributed by atoms with Gasteiger partial charge in [0.2, 0.25) is 0 Å². The first-order valence-electron chi connectivity index (χ1n) is 4.28. The van der Waals surface area contributed by atoms with Gasteiger partial charge in [-0.3, -0.25) is 4.79 Å². The van der Waals surface area contributed by atoms with Crippen LogP contribution in [0.4, 0.5) is 8.78 Å². The summed E-state index contributed by atoms with van der Waals surface area (Å²) in [5, 5.41) is 2.71. The Morgan fingerprint density at radius 1 is 1.69 bits per heavy atom. The fraction of sp³-hybridized carbons (Fsp3) is 0.667. The smallest absolute Gasteiger partial charge is 0.261 e. The van der Waals surface area contributed by atoms with Gasteiger partial charge in [-0.2, -0.15) is 0 Å². The molecule has 74 valence electrons. The van der Waals surface area contributed by atoms with Crippen LogP contribution in [0.2, 0.25) is 0 Å². The van der Waals surface area contributed by atoms with Gasteiger partial charge in [-0.25, -0.2) is 8.78 Å². The average Bonchev–Trinajstić information content (AvgIpc) is 2.29. The lowest BCUT2D eigenvalue weighted by Gasteiger charge is -2.06. The summed E-state index contributed by atoms with van der Waals surface area (Å²) in [6.07, 6.45) is 3.42. The van der Waals surface area contributed by atoms with Crippen LogP contribution in [0.15, 0.2) is 12.2 Å². The first-order chi connectivity index (χ1) is 5.99. The van der Waals surface area contributed by atoms with Crippen LogP contribution in [0, 0.1) is 0 Å². The van der Waals surface area contributed by atoms with Crippen molar-refractivity contribution in [2.24, 2.45) is 0 Å². The zero-order valence-electron chi connectivity index (χ0n) is 7.52. The molecule has 1 rings (SSSR count). The van der Waals surface area contributed by atoms with E-state index in [2.05, 4.69) is 5.32 Å². The van der Waals surface area contributed by atoms with Crippen molar-refractivity contribution in [3.05, 3.63) is 12.2 Å². The van der Waals surface area contributed by atoms with E-state index in [0.717, 1.165) is 0 Å². The van der Waals surface area contributed by atoms with Gasteiger partial charge in [-0.1, -0.05) is 6.08 Å². The SMILES string of the molecule is CC(=O)/C=C/C[C@@H]1CC(F)(F)CN1. The van der Waals surface area contributed by atoms with E-state index < -0.39 is 5.92 Å². The van der Waals surface area contributed by atoms with E-state index in [-0.39, 0.29) is 24.8 Å². The van der Waals surface area contributed by atoms with Gasteiger partial charge >= 0.3 is 0 Å². The number of hydrogen-bond acceptors (Lipinski definition) is 2. The summed E-state index contributed by atoms with van der Waals surface area (Å²) in [6.45, 7) is 1.19. The molecule has 1 aliphatic rings. The largest absolute Gasteiger partial charge is 0.308 e. The van der Waals surface area contributed by atoms with Crippen LogP contribution in [0.5, 0.6) is 0 Å². The Bertz CT molecular complexity index is 226. The lowest BCUT2D eigenvalue weighted by Crippen LogP contribution is -2.21. The molecule has 0 bridgehead atoms. The van der Waals surface area contributed by atoms with Crippen LogP contribution in [0.25, 0.3) is 0 Å². The molecular weight excluding hydrogens is 176 g/mol. The minimum absolute atomic E-state index is 0.0512. The van der Waals surface area contributed by atoms with E-state index in [1.807, 2.05) is 0 Å². The van der Waals surface area contributed by atoms with Gasteiger partial charge in [0.1, 0.15) is 0 Å². The van der Waals surface area contributed by atoms with Crippen LogP contribution >= 0.6 is 0 Å². The highest BCUT2D eigenvalue weighted by molar-refractivity contribution is 5.87. The molecule has 1 fully saturated rings. The van der Waals surface area contributed by atoms with Gasteiger partial charge in [0.05, 0.1) is 6.54 Å². The first kappa shape index (κ1) is 10.3. The van der Waals surface area contributed by atoms with Crippen LogP contribution in [-0.4, -0.2) is 24.3 Å². The van der Waals surface area contributed by atoms with Gasteiger partial charge in [0.15, 0.2) is 5.78 Å². The second-order valence-electron chi connectivity index (χ2n) is 3.39. The van der Waals surface area contributed by atoms with Crippen molar-refractivity contribution < 1.29 is 13.6 Å². The van der Waals surface area contributed by atoms with Crippen LogP contribution < -0.4 is 5.32 Å². The number of hydrogen-bond donors (Lipinski definition) is 1. The molecule has 1 atom stereocenters. The minimum Gasteiger partial charge on any atom is -0.308 e. The Labute approximate surface area is 76.0 Å². The topological polar surface area (TPSA) is 29.1 Å². The first-order valence-corrected chi connectivity index (χ1v) is 4.28. The van der Waals surface area contributed by atoms with Crippen molar-refractivity contribution in [2.45, 2.75) is 31.7 Å². The molecule has 0 aliphatic carbocycles. The van der Waals surface area contributed by atoms with Gasteiger partial charge < -0.3 is 5.32 Å². The molecule has 0 spiro atoms. The summed E-state index contributed by atoms with van der Waals surface area (Å²) in [5.74, 6) is -2.63. The number of nitrogens with one attached hydrogen (secondary N) is 1. The van der Waals surface area contributed by atoms with Crippen molar-refractivity contribution in [1.82, 2.24) is 5.32 Å². The second-order valence-corrected chi connectivity index (χ2v) is 3.39. The van der Waals surface area contributed by atoms with Crippen molar-refractivity contribution in [2.75, 3.05) is 6.54 Å². The highest BCUT2D eigenvalue weighted by Gasteiger charge is 2.38. The van der Waals surface area contributed by atoms with E-state index in [9.17, 15) is 13.6 Å². The van der Waals surface area contributed by atoms with Crippen molar-refractivity contribution in [3.63, 3.8) is 0 Å². The zero-order valence-corrected chi connectivity index (χ0v) is 7.52. The minimum atomic E-state index is -2.57. The molecule has 0 radical (unpaired) electrons. The Morgan fingerprint density at radius 2 is 2.38 bits per heavy atom. The van der Waals surface area contributed by atoms with E-state index >= 15 is 0 Å². The fourth-order valence-corrected chi connectivity index (χ4v) is 1.36. The van der Waals surface area contributed by atoms with Crippen LogP contribution in [0.1, 0.15) is 19.8 Å². The fourth-order valence-electron chi connectivity index (χ4n) is 1.36. The number of carbonyl (C=O) groups excluding carboxylic acids is 1. The molecule has 0 amide bonds. The van der Waals surface area contributed by atoms with Crippen molar-refractivity contribution >= 4 is 5.78 Å². The molecule has 2 nitrogen and oxygen atoms in total. The molecule has 4 heteroatoms. The summed E-state index contributed by atoms with van der Waals surface area (Å²) < 4.78 is 25.3. The molecule has 0 aromatic rings. The second kappa shape index (κ2) is 3.96. The van der Waals surface area contributed by atoms with Gasteiger partial charge in [0.25, 0.3) is 5.92 Å². The normalized spacial score (nSPS) is 26.8. The standard InChI is InChI=1S/C9H13F2NO/c1-7(13)3-2-4-8-5-9(10,11)6-12-8/h2-3,8,12H,4-6H2,1H3/b3-2+/t8-/m1/s1. The third-order valence-electron chi connectivity index (χ3n) is 1.97. The molecule has 1 aliphatic heterocycles. The summed E-state index contributed by atoms with van der Waals surface area (Å²) in [4.78, 5) is 10.5. The maximum atomic E-state index is 12.6. The Hall–Kier alpha value is -0.770. The van der Waals surface area contributed by atoms with Gasteiger partial charge in [-0.15, -0.1) is 0 Å². The predicted octanol–water partition coefficient (Wildman–Crippen LogP) is 1.52.